The first-order valence-electron chi connectivity index (χ1n) is 4.72. The van der Waals surface area contributed by atoms with Gasteiger partial charge in [0.2, 0.25) is 0 Å². The molecule has 2 atom stereocenters. The lowest BCUT2D eigenvalue weighted by Crippen LogP contribution is -2.36. The highest BCUT2D eigenvalue weighted by atomic mass is 14.3. The summed E-state index contributed by atoms with van der Waals surface area (Å²) in [4.78, 5) is 0. The van der Waals surface area contributed by atoms with Crippen LogP contribution in [0.5, 0.6) is 0 Å². The first-order chi connectivity index (χ1) is 5.93. The van der Waals surface area contributed by atoms with Gasteiger partial charge in [-0.2, -0.15) is 0 Å². The van der Waals surface area contributed by atoms with Gasteiger partial charge in [0.25, 0.3) is 0 Å². The van der Waals surface area contributed by atoms with E-state index in [9.17, 15) is 0 Å². The summed E-state index contributed by atoms with van der Waals surface area (Å²) in [6.07, 6.45) is 7.69. The van der Waals surface area contributed by atoms with Gasteiger partial charge in [-0.05, 0) is 35.1 Å². The molecule has 0 heterocycles. The molecule has 0 nitrogen and oxygen atoms in total. The minimum atomic E-state index is 0.861. The monoisotopic (exact) mass is 156 g/mol. The number of hydrogen-bond acceptors (Lipinski definition) is 0. The van der Waals surface area contributed by atoms with Crippen LogP contribution in [0.4, 0.5) is 0 Å². The molecule has 0 aliphatic heterocycles. The first-order valence-corrected chi connectivity index (χ1v) is 4.72. The maximum absolute atomic E-state index is 2.45. The SMILES string of the molecule is C1=c2ccccc2=CC2CCC12. The van der Waals surface area contributed by atoms with Crippen LogP contribution in [0.2, 0.25) is 0 Å². The molecule has 0 saturated heterocycles. The van der Waals surface area contributed by atoms with Crippen molar-refractivity contribution in [3.8, 4) is 0 Å². The Hall–Kier alpha value is -1.04. The molecular weight excluding hydrogens is 144 g/mol. The number of hydrogen-bond donors (Lipinski definition) is 0. The van der Waals surface area contributed by atoms with Crippen LogP contribution in [0.25, 0.3) is 12.2 Å². The quantitative estimate of drug-likeness (QED) is 0.531. The number of benzene rings is 1. The lowest BCUT2D eigenvalue weighted by atomic mass is 9.71. The molecule has 3 rings (SSSR count). The van der Waals surface area contributed by atoms with E-state index in [0.29, 0.717) is 0 Å². The van der Waals surface area contributed by atoms with E-state index >= 15 is 0 Å². The van der Waals surface area contributed by atoms with Gasteiger partial charge in [-0.15, -0.1) is 0 Å². The lowest BCUT2D eigenvalue weighted by molar-refractivity contribution is 0.320. The zero-order chi connectivity index (χ0) is 7.97. The van der Waals surface area contributed by atoms with Crippen molar-refractivity contribution >= 4 is 12.2 Å². The van der Waals surface area contributed by atoms with E-state index in [0.717, 1.165) is 11.8 Å². The molecular formula is C12H12. The first kappa shape index (κ1) is 6.47. The second kappa shape index (κ2) is 2.22. The van der Waals surface area contributed by atoms with Crippen LogP contribution in [0, 0.1) is 11.8 Å². The molecule has 2 unspecified atom stereocenters. The largest absolute Gasteiger partial charge is 0.0730 e. The smallest absolute Gasteiger partial charge is 0.0161 e. The molecule has 2 aliphatic carbocycles. The highest BCUT2D eigenvalue weighted by molar-refractivity contribution is 5.45. The standard InChI is InChI=1S/C12H12/c1-2-4-10-8-12-6-5-11(12)7-9(10)3-1/h1-4,7-8,11-12H,5-6H2. The maximum Gasteiger partial charge on any atom is -0.0161 e. The Morgan fingerprint density at radius 2 is 1.33 bits per heavy atom. The van der Waals surface area contributed by atoms with Crippen molar-refractivity contribution in [3.63, 3.8) is 0 Å². The van der Waals surface area contributed by atoms with Gasteiger partial charge in [0.05, 0.1) is 0 Å². The van der Waals surface area contributed by atoms with Gasteiger partial charge in [-0.3, -0.25) is 0 Å². The highest BCUT2D eigenvalue weighted by Crippen LogP contribution is 2.37. The minimum Gasteiger partial charge on any atom is -0.0730 e. The van der Waals surface area contributed by atoms with E-state index in [1.807, 2.05) is 0 Å². The van der Waals surface area contributed by atoms with Gasteiger partial charge in [0.1, 0.15) is 0 Å². The van der Waals surface area contributed by atoms with Gasteiger partial charge in [-0.25, -0.2) is 0 Å². The molecule has 60 valence electrons. The van der Waals surface area contributed by atoms with Crippen molar-refractivity contribution < 1.29 is 0 Å². The van der Waals surface area contributed by atoms with Crippen molar-refractivity contribution in [2.75, 3.05) is 0 Å². The molecule has 1 aromatic carbocycles. The topological polar surface area (TPSA) is 0 Å². The molecule has 1 saturated carbocycles. The van der Waals surface area contributed by atoms with Crippen molar-refractivity contribution in [3.05, 3.63) is 34.7 Å². The summed E-state index contributed by atoms with van der Waals surface area (Å²) < 4.78 is 0. The number of fused-ring (bicyclic) bond motifs is 2. The van der Waals surface area contributed by atoms with Crippen LogP contribution >= 0.6 is 0 Å². The third-order valence-electron chi connectivity index (χ3n) is 3.17. The fourth-order valence-electron chi connectivity index (χ4n) is 2.24. The average Bonchev–Trinajstić information content (AvgIpc) is 2.09. The van der Waals surface area contributed by atoms with Gasteiger partial charge >= 0.3 is 0 Å². The van der Waals surface area contributed by atoms with Gasteiger partial charge in [0.15, 0.2) is 0 Å². The Morgan fingerprint density at radius 1 is 0.833 bits per heavy atom. The molecule has 0 aromatic heterocycles. The van der Waals surface area contributed by atoms with Crippen molar-refractivity contribution in [1.29, 1.82) is 0 Å². The van der Waals surface area contributed by atoms with Crippen LogP contribution in [-0.2, 0) is 0 Å². The van der Waals surface area contributed by atoms with Crippen LogP contribution in [0.15, 0.2) is 24.3 Å². The Bertz CT molecular complexity index is 373. The highest BCUT2D eigenvalue weighted by Gasteiger charge is 2.28. The summed E-state index contributed by atoms with van der Waals surface area (Å²) in [5, 5.41) is 2.89. The normalized spacial score (nSPS) is 30.3. The predicted molar refractivity (Wildman–Crippen MR) is 50.8 cm³/mol. The Morgan fingerprint density at radius 3 is 1.75 bits per heavy atom. The van der Waals surface area contributed by atoms with Crippen LogP contribution in [0.1, 0.15) is 12.8 Å². The van der Waals surface area contributed by atoms with Crippen molar-refractivity contribution in [2.24, 2.45) is 11.8 Å². The molecule has 1 fully saturated rings. The van der Waals surface area contributed by atoms with Crippen molar-refractivity contribution in [2.45, 2.75) is 12.8 Å². The van der Waals surface area contributed by atoms with Gasteiger partial charge in [0, 0.05) is 0 Å². The van der Waals surface area contributed by atoms with E-state index in [4.69, 9.17) is 0 Å². The molecule has 0 N–H and O–H groups in total. The summed E-state index contributed by atoms with van der Waals surface area (Å²) in [6.45, 7) is 0. The van der Waals surface area contributed by atoms with E-state index in [-0.39, 0.29) is 0 Å². The Kier molecular flexibility index (Phi) is 1.20. The fraction of sp³-hybridized carbons (Fsp3) is 0.333. The second-order valence-electron chi connectivity index (χ2n) is 3.87. The summed E-state index contributed by atoms with van der Waals surface area (Å²) in [5.41, 5.74) is 0. The van der Waals surface area contributed by atoms with Crippen LogP contribution in [-0.4, -0.2) is 0 Å². The lowest BCUT2D eigenvalue weighted by Gasteiger charge is -2.34. The third kappa shape index (κ3) is 0.781. The molecule has 0 amide bonds. The third-order valence-corrected chi connectivity index (χ3v) is 3.17. The summed E-state index contributed by atoms with van der Waals surface area (Å²) in [5.74, 6) is 1.72. The minimum absolute atomic E-state index is 0.861. The number of rotatable bonds is 0. The zero-order valence-electron chi connectivity index (χ0n) is 7.03. The van der Waals surface area contributed by atoms with Gasteiger partial charge < -0.3 is 0 Å². The zero-order valence-corrected chi connectivity index (χ0v) is 7.03. The molecule has 0 spiro atoms. The maximum atomic E-state index is 2.45. The van der Waals surface area contributed by atoms with Gasteiger partial charge in [-0.1, -0.05) is 36.4 Å². The fourth-order valence-corrected chi connectivity index (χ4v) is 2.24. The molecule has 1 aromatic rings. The van der Waals surface area contributed by atoms with E-state index in [1.165, 1.54) is 23.3 Å². The Balaban J connectivity index is 2.31. The summed E-state index contributed by atoms with van der Waals surface area (Å²) >= 11 is 0. The van der Waals surface area contributed by atoms with Crippen LogP contribution < -0.4 is 10.4 Å². The van der Waals surface area contributed by atoms with E-state index < -0.39 is 0 Å². The molecule has 0 radical (unpaired) electrons. The molecule has 2 aliphatic rings. The van der Waals surface area contributed by atoms with Crippen LogP contribution in [0.3, 0.4) is 0 Å². The predicted octanol–water partition coefficient (Wildman–Crippen LogP) is 1.29. The molecule has 12 heavy (non-hydrogen) atoms. The molecule has 0 bridgehead atoms. The molecule has 0 heteroatoms. The second-order valence-corrected chi connectivity index (χ2v) is 3.87. The average molecular weight is 156 g/mol. The Labute approximate surface area is 72.2 Å². The summed E-state index contributed by atoms with van der Waals surface area (Å²) in [6, 6.07) is 8.70. The summed E-state index contributed by atoms with van der Waals surface area (Å²) in [7, 11) is 0. The van der Waals surface area contributed by atoms with E-state index in [2.05, 4.69) is 36.4 Å². The van der Waals surface area contributed by atoms with E-state index in [1.54, 1.807) is 0 Å². The van der Waals surface area contributed by atoms with Crippen molar-refractivity contribution in [1.82, 2.24) is 0 Å².